The molecule has 2 saturated heterocycles. The summed E-state index contributed by atoms with van der Waals surface area (Å²) in [4.78, 5) is 31.7. The van der Waals surface area contributed by atoms with Crippen molar-refractivity contribution in [1.29, 1.82) is 0 Å². The average Bonchev–Trinajstić information content (AvgIpc) is 3.46. The molecule has 1 aromatic carbocycles. The van der Waals surface area contributed by atoms with E-state index in [1.165, 1.54) is 19.0 Å². The van der Waals surface area contributed by atoms with E-state index in [0.717, 1.165) is 25.5 Å². The van der Waals surface area contributed by atoms with Gasteiger partial charge in [0.2, 0.25) is 0 Å². The van der Waals surface area contributed by atoms with Gasteiger partial charge in [0.25, 0.3) is 5.91 Å². The number of carbonyl (C=O) groups is 1. The Morgan fingerprint density at radius 1 is 1.26 bits per heavy atom. The van der Waals surface area contributed by atoms with E-state index < -0.39 is 57.0 Å². The number of nitrogens with two attached hydrogens (primary N) is 2. The fourth-order valence-electron chi connectivity index (χ4n) is 7.24. The zero-order valence-electron chi connectivity index (χ0n) is 27.4. The summed E-state index contributed by atoms with van der Waals surface area (Å²) in [6.07, 6.45) is -5.12. The molecule has 4 aliphatic rings. The molecule has 0 radical (unpaired) electrons. The summed E-state index contributed by atoms with van der Waals surface area (Å²) in [6, 6.07) is 0.804. The van der Waals surface area contributed by atoms with Crippen molar-refractivity contribution in [3.63, 3.8) is 0 Å². The lowest BCUT2D eigenvalue weighted by atomic mass is 9.93. The number of aromatic nitrogens is 2. The number of likely N-dealkylation sites (N-methyl/N-ethyl adjacent to an activating group) is 1. The van der Waals surface area contributed by atoms with Gasteiger partial charge in [-0.3, -0.25) is 14.7 Å². The Morgan fingerprint density at radius 3 is 2.74 bits per heavy atom. The molecule has 2 aromatic rings. The predicted molar refractivity (Wildman–Crippen MR) is 180 cm³/mol. The molecule has 2 fully saturated rings. The number of carbonyl (C=O) groups excluding carboxylic acids is 1. The van der Waals surface area contributed by atoms with Crippen LogP contribution in [-0.4, -0.2) is 96.5 Å². The molecule has 18 heteroatoms. The molecule has 1 amide bonds. The van der Waals surface area contributed by atoms with Crippen molar-refractivity contribution < 1.29 is 36.2 Å². The average molecular weight is 792 g/mol. The first kappa shape index (κ1) is 36.5. The fourth-order valence-corrected chi connectivity index (χ4v) is 8.13. The molecule has 0 aliphatic carbocycles. The highest BCUT2D eigenvalue weighted by atomic mass is 79.9. The van der Waals surface area contributed by atoms with Crippen molar-refractivity contribution in [2.45, 2.75) is 62.7 Å². The maximum absolute atomic E-state index is 15.5. The molecule has 1 aromatic heterocycles. The van der Waals surface area contributed by atoms with Gasteiger partial charge in [-0.25, -0.2) is 8.78 Å². The summed E-state index contributed by atoms with van der Waals surface area (Å²) in [5, 5.41) is -0.0175. The molecule has 11 nitrogen and oxygen atoms in total. The molecule has 6 rings (SSSR count). The topological polar surface area (TPSA) is 135 Å². The summed E-state index contributed by atoms with van der Waals surface area (Å²) in [5.41, 5.74) is 9.79. The van der Waals surface area contributed by atoms with E-state index in [9.17, 15) is 22.4 Å². The summed E-state index contributed by atoms with van der Waals surface area (Å²) in [6.45, 7) is 1.74. The molecule has 4 N–H and O–H groups in total. The number of aliphatic imine (C=N–C) groups is 1. The molecule has 0 saturated carbocycles. The number of anilines is 2. The van der Waals surface area contributed by atoms with Gasteiger partial charge in [-0.05, 0) is 31.9 Å². The largest absolute Gasteiger partial charge is 0.461 e. The molecule has 50 heavy (non-hydrogen) atoms. The second-order valence-electron chi connectivity index (χ2n) is 13.2. The maximum Gasteiger partial charge on any atom is 0.417 e. The normalized spacial score (nSPS) is 24.7. The van der Waals surface area contributed by atoms with E-state index in [1.807, 2.05) is 4.90 Å². The van der Waals surface area contributed by atoms with E-state index in [1.54, 1.807) is 0 Å². The van der Waals surface area contributed by atoms with Gasteiger partial charge in [-0.1, -0.05) is 27.5 Å². The maximum atomic E-state index is 15.5. The standard InChI is InChI=1S/C32H37BrClF5N8O3/c1-45(2)29(48)27(41)25(34)21-13-46(7-4-6-42-21)28-17-14-49-22(23-24(32(37,38)39)18(33)9-19(40)26(23)36)10-20(17)43-30(44-28)50-15-31-5-3-8-47(31)12-16(35)11-31/h9,16,22H,3-8,10-15,40-41H2,1-2H3/b27-25+/t16-,22?,31+/m1/s1. The van der Waals surface area contributed by atoms with Crippen LogP contribution in [-0.2, 0) is 28.7 Å². The van der Waals surface area contributed by atoms with Crippen LogP contribution in [0, 0.1) is 5.82 Å². The fraction of sp³-hybridized carbons (Fsp3) is 0.562. The Kier molecular flexibility index (Phi) is 10.2. The third kappa shape index (κ3) is 6.97. The third-order valence-electron chi connectivity index (χ3n) is 9.63. The molecule has 1 unspecified atom stereocenters. The number of benzene rings is 1. The number of ether oxygens (including phenoxy) is 2. The number of hydrogen-bond acceptors (Lipinski definition) is 10. The smallest absolute Gasteiger partial charge is 0.417 e. The number of nitrogens with zero attached hydrogens (tertiary/aromatic N) is 6. The third-order valence-corrected chi connectivity index (χ3v) is 10.7. The number of alkyl halides is 4. The predicted octanol–water partition coefficient (Wildman–Crippen LogP) is 4.90. The number of nitrogen functional groups attached to an aromatic ring is 1. The van der Waals surface area contributed by atoms with Gasteiger partial charge in [-0.2, -0.15) is 23.1 Å². The van der Waals surface area contributed by atoms with Crippen LogP contribution in [0.25, 0.3) is 0 Å². The molecule has 272 valence electrons. The monoisotopic (exact) mass is 790 g/mol. The highest BCUT2D eigenvalue weighted by Gasteiger charge is 2.49. The van der Waals surface area contributed by atoms with Crippen LogP contribution in [0.5, 0.6) is 6.01 Å². The van der Waals surface area contributed by atoms with E-state index in [-0.39, 0.29) is 48.6 Å². The molecular formula is C32H37BrClF5N8O3. The lowest BCUT2D eigenvalue weighted by Gasteiger charge is -2.33. The second-order valence-corrected chi connectivity index (χ2v) is 14.4. The Hall–Kier alpha value is -3.28. The zero-order chi connectivity index (χ0) is 36.1. The van der Waals surface area contributed by atoms with Gasteiger partial charge < -0.3 is 30.7 Å². The first-order valence-corrected chi connectivity index (χ1v) is 17.3. The van der Waals surface area contributed by atoms with Crippen LogP contribution in [0.15, 0.2) is 26.3 Å². The van der Waals surface area contributed by atoms with Crippen LogP contribution in [0.3, 0.4) is 0 Å². The van der Waals surface area contributed by atoms with Gasteiger partial charge in [0.05, 0.1) is 52.5 Å². The SMILES string of the molecule is CN(C)C(=O)/C(N)=C(\Cl)C1=NCCCN(c2nc(OC[C@@]34CCCN3C[C@H](F)C4)nc3c2COC(c2c(F)c(N)cc(Br)c2C(F)(F)F)C3)C1. The van der Waals surface area contributed by atoms with Gasteiger partial charge >= 0.3 is 12.2 Å². The number of hydrogen-bond donors (Lipinski definition) is 2. The highest BCUT2D eigenvalue weighted by Crippen LogP contribution is 2.46. The first-order valence-electron chi connectivity index (χ1n) is 16.1. The molecule has 3 atom stereocenters. The van der Waals surface area contributed by atoms with Gasteiger partial charge in [0.1, 0.15) is 24.3 Å². The molecule has 0 spiro atoms. The van der Waals surface area contributed by atoms with E-state index >= 15 is 4.39 Å². The molecule has 5 heterocycles. The van der Waals surface area contributed by atoms with Crippen LogP contribution in [0.2, 0.25) is 0 Å². The number of amides is 1. The molecular weight excluding hydrogens is 755 g/mol. The van der Waals surface area contributed by atoms with Crippen LogP contribution < -0.4 is 21.1 Å². The Balaban J connectivity index is 1.40. The van der Waals surface area contributed by atoms with Gasteiger partial charge in [0, 0.05) is 62.2 Å². The Bertz CT molecular complexity index is 1740. The van der Waals surface area contributed by atoms with Crippen molar-refractivity contribution in [2.24, 2.45) is 10.7 Å². The minimum atomic E-state index is -4.93. The lowest BCUT2D eigenvalue weighted by Crippen LogP contribution is -2.43. The van der Waals surface area contributed by atoms with Crippen molar-refractivity contribution in [1.82, 2.24) is 19.8 Å². The van der Waals surface area contributed by atoms with Gasteiger partial charge in [0.15, 0.2) is 5.82 Å². The van der Waals surface area contributed by atoms with Gasteiger partial charge in [-0.15, -0.1) is 0 Å². The van der Waals surface area contributed by atoms with Crippen molar-refractivity contribution in [2.75, 3.05) is 64.1 Å². The lowest BCUT2D eigenvalue weighted by molar-refractivity contribution is -0.140. The summed E-state index contributed by atoms with van der Waals surface area (Å²) >= 11 is 9.51. The first-order chi connectivity index (χ1) is 23.6. The van der Waals surface area contributed by atoms with Crippen molar-refractivity contribution in [3.05, 3.63) is 49.5 Å². The zero-order valence-corrected chi connectivity index (χ0v) is 29.8. The highest BCUT2D eigenvalue weighted by molar-refractivity contribution is 9.10. The number of rotatable bonds is 7. The molecule has 4 aliphatic heterocycles. The van der Waals surface area contributed by atoms with E-state index in [4.69, 9.17) is 37.5 Å². The summed E-state index contributed by atoms with van der Waals surface area (Å²) in [7, 11) is 3.08. The summed E-state index contributed by atoms with van der Waals surface area (Å²) < 4.78 is 84.6. The minimum Gasteiger partial charge on any atom is -0.461 e. The summed E-state index contributed by atoms with van der Waals surface area (Å²) in [5.74, 6) is -1.38. The Morgan fingerprint density at radius 2 is 2.02 bits per heavy atom. The Labute approximate surface area is 298 Å². The van der Waals surface area contributed by atoms with Crippen LogP contribution in [0.1, 0.15) is 54.2 Å². The van der Waals surface area contributed by atoms with Crippen LogP contribution >= 0.6 is 27.5 Å². The second kappa shape index (κ2) is 14.0. The van der Waals surface area contributed by atoms with Crippen molar-refractivity contribution in [3.8, 4) is 6.01 Å². The molecule has 0 bridgehead atoms. The van der Waals surface area contributed by atoms with E-state index in [0.29, 0.717) is 49.6 Å². The van der Waals surface area contributed by atoms with Crippen LogP contribution in [0.4, 0.5) is 33.5 Å². The minimum absolute atomic E-state index is 0.0175. The quantitative estimate of drug-likeness (QED) is 0.228. The van der Waals surface area contributed by atoms with Crippen molar-refractivity contribution >= 4 is 50.7 Å². The number of fused-ring (bicyclic) bond motifs is 2. The van der Waals surface area contributed by atoms with E-state index in [2.05, 4.69) is 30.8 Å². The number of halogens is 7.